The number of aryl methyl sites for hydroxylation is 1. The van der Waals surface area contributed by atoms with Crippen LogP contribution >= 0.6 is 0 Å². The van der Waals surface area contributed by atoms with E-state index in [1.807, 2.05) is 42.1 Å². The van der Waals surface area contributed by atoms with Gasteiger partial charge in [-0.25, -0.2) is 0 Å². The molecule has 4 saturated heterocycles. The first-order valence-corrected chi connectivity index (χ1v) is 9.59. The zero-order valence-electron chi connectivity index (χ0n) is 15.1. The number of aromatic nitrogens is 1. The number of aromatic hydroxyl groups is 1. The van der Waals surface area contributed by atoms with E-state index in [1.54, 1.807) is 6.07 Å². The minimum Gasteiger partial charge on any atom is -0.508 e. The molecule has 3 atom stereocenters. The summed E-state index contributed by atoms with van der Waals surface area (Å²) in [6.45, 7) is 3.00. The predicted octanol–water partition coefficient (Wildman–Crippen LogP) is 2.43. The maximum absolute atomic E-state index is 13.3. The maximum atomic E-state index is 13.3. The van der Waals surface area contributed by atoms with Crippen molar-refractivity contribution in [1.29, 1.82) is 0 Å². The van der Waals surface area contributed by atoms with Crippen molar-refractivity contribution in [3.05, 3.63) is 53.9 Å². The molecule has 0 unspecified atom stereocenters. The summed E-state index contributed by atoms with van der Waals surface area (Å²) >= 11 is 0. The molecular weight excluding hydrogens is 326 g/mol. The summed E-state index contributed by atoms with van der Waals surface area (Å²) in [4.78, 5) is 18.1. The molecule has 136 valence electrons. The molecule has 1 aromatic carbocycles. The number of hydrogen-bond acceptors (Lipinski definition) is 3. The van der Waals surface area contributed by atoms with E-state index in [4.69, 9.17) is 0 Å². The van der Waals surface area contributed by atoms with Crippen LogP contribution in [0.1, 0.15) is 34.8 Å². The van der Waals surface area contributed by atoms with Gasteiger partial charge in [-0.15, -0.1) is 0 Å². The molecule has 2 aromatic rings. The Morgan fingerprint density at radius 1 is 1.12 bits per heavy atom. The molecule has 4 aliphatic heterocycles. The summed E-state index contributed by atoms with van der Waals surface area (Å²) in [5.74, 6) is 1.31. The van der Waals surface area contributed by atoms with Crippen LogP contribution in [0.4, 0.5) is 0 Å². The molecule has 4 aliphatic rings. The predicted molar refractivity (Wildman–Crippen MR) is 99.2 cm³/mol. The van der Waals surface area contributed by atoms with E-state index in [2.05, 4.69) is 15.9 Å². The highest BCUT2D eigenvalue weighted by molar-refractivity contribution is 5.93. The Morgan fingerprint density at radius 2 is 1.92 bits per heavy atom. The monoisotopic (exact) mass is 351 g/mol. The van der Waals surface area contributed by atoms with Crippen LogP contribution in [-0.4, -0.2) is 57.1 Å². The van der Waals surface area contributed by atoms with Crippen molar-refractivity contribution in [3.8, 4) is 5.75 Å². The lowest BCUT2D eigenvalue weighted by Crippen LogP contribution is -2.60. The zero-order valence-corrected chi connectivity index (χ0v) is 15.1. The molecule has 1 aromatic heterocycles. The lowest BCUT2D eigenvalue weighted by Gasteiger charge is -2.51. The van der Waals surface area contributed by atoms with Crippen LogP contribution < -0.4 is 0 Å². The van der Waals surface area contributed by atoms with Gasteiger partial charge in [-0.3, -0.25) is 9.69 Å². The summed E-state index contributed by atoms with van der Waals surface area (Å²) in [6, 6.07) is 12.1. The number of fused-ring (bicyclic) bond motifs is 2. The molecule has 6 rings (SSSR count). The lowest BCUT2D eigenvalue weighted by atomic mass is 9.75. The van der Waals surface area contributed by atoms with E-state index in [9.17, 15) is 9.90 Å². The number of amides is 1. The Bertz CT molecular complexity index is 837. The SMILES string of the molecule is Cn1cccc1C(=O)N1C[C@@H](c2cccc(O)c2)[C@@H]2[C@H]1C1CCN2CC1. The Labute approximate surface area is 153 Å². The first-order chi connectivity index (χ1) is 12.6. The highest BCUT2D eigenvalue weighted by atomic mass is 16.3. The van der Waals surface area contributed by atoms with Crippen LogP contribution in [0.3, 0.4) is 0 Å². The number of carbonyl (C=O) groups is 1. The second-order valence-electron chi connectivity index (χ2n) is 8.02. The van der Waals surface area contributed by atoms with Crippen molar-refractivity contribution in [1.82, 2.24) is 14.4 Å². The first-order valence-electron chi connectivity index (χ1n) is 9.59. The second-order valence-corrected chi connectivity index (χ2v) is 8.02. The van der Waals surface area contributed by atoms with Gasteiger partial charge in [0, 0.05) is 31.7 Å². The van der Waals surface area contributed by atoms with Gasteiger partial charge in [0.05, 0.1) is 6.04 Å². The maximum Gasteiger partial charge on any atom is 0.270 e. The summed E-state index contributed by atoms with van der Waals surface area (Å²) < 4.78 is 1.92. The van der Waals surface area contributed by atoms with Crippen molar-refractivity contribution in [2.45, 2.75) is 30.8 Å². The Balaban J connectivity index is 1.55. The fourth-order valence-electron chi connectivity index (χ4n) is 5.53. The Morgan fingerprint density at radius 3 is 2.62 bits per heavy atom. The minimum absolute atomic E-state index is 0.143. The first kappa shape index (κ1) is 15.9. The smallest absolute Gasteiger partial charge is 0.270 e. The van der Waals surface area contributed by atoms with E-state index in [0.29, 0.717) is 17.7 Å². The highest BCUT2D eigenvalue weighted by Gasteiger charge is 2.54. The van der Waals surface area contributed by atoms with E-state index < -0.39 is 0 Å². The molecule has 0 aliphatic carbocycles. The van der Waals surface area contributed by atoms with Crippen LogP contribution in [0.15, 0.2) is 42.6 Å². The second kappa shape index (κ2) is 5.88. The number of nitrogens with zero attached hydrogens (tertiary/aromatic N) is 3. The molecule has 0 saturated carbocycles. The van der Waals surface area contributed by atoms with Gasteiger partial charge in [-0.1, -0.05) is 12.1 Å². The fourth-order valence-corrected chi connectivity index (χ4v) is 5.53. The molecule has 5 heterocycles. The van der Waals surface area contributed by atoms with Crippen LogP contribution in [0.2, 0.25) is 0 Å². The van der Waals surface area contributed by atoms with E-state index in [1.165, 1.54) is 12.8 Å². The third-order valence-corrected chi connectivity index (χ3v) is 6.72. The summed E-state index contributed by atoms with van der Waals surface area (Å²) in [7, 11) is 1.93. The number of phenolic OH excluding ortho intramolecular Hbond substituents is 1. The largest absolute Gasteiger partial charge is 0.508 e. The van der Waals surface area contributed by atoms with Crippen molar-refractivity contribution in [2.75, 3.05) is 19.6 Å². The standard InChI is InChI=1S/C21H25N3O2/c1-22-9-3-6-18(22)21(26)24-13-17(15-4-2-5-16(25)12-15)20-19(24)14-7-10-23(20)11-8-14/h2-6,9,12,14,17,19-20,25H,7-8,10-11,13H2,1H3/t17-,19+,20+/m0/s1. The number of carbonyl (C=O) groups excluding carboxylic acids is 1. The van der Waals surface area contributed by atoms with Crippen molar-refractivity contribution in [2.24, 2.45) is 13.0 Å². The van der Waals surface area contributed by atoms with Crippen molar-refractivity contribution >= 4 is 5.91 Å². The normalized spacial score (nSPS) is 32.7. The Kier molecular flexibility index (Phi) is 3.60. The molecule has 2 bridgehead atoms. The Hall–Kier alpha value is -2.27. The molecular formula is C21H25N3O2. The number of benzene rings is 1. The molecule has 4 fully saturated rings. The number of phenols is 1. The summed E-state index contributed by atoms with van der Waals surface area (Å²) in [5, 5.41) is 9.97. The molecule has 0 radical (unpaired) electrons. The van der Waals surface area contributed by atoms with Crippen LogP contribution in [0.5, 0.6) is 5.75 Å². The summed E-state index contributed by atoms with van der Waals surface area (Å²) in [6.07, 6.45) is 4.31. The van der Waals surface area contributed by atoms with E-state index in [-0.39, 0.29) is 17.9 Å². The van der Waals surface area contributed by atoms with Gasteiger partial charge in [0.15, 0.2) is 0 Å². The number of hydrogen-bond donors (Lipinski definition) is 1. The zero-order chi connectivity index (χ0) is 17.8. The topological polar surface area (TPSA) is 48.7 Å². The molecule has 5 nitrogen and oxygen atoms in total. The highest BCUT2D eigenvalue weighted by Crippen LogP contribution is 2.47. The number of likely N-dealkylation sites (tertiary alicyclic amines) is 1. The lowest BCUT2D eigenvalue weighted by molar-refractivity contribution is -0.00369. The average molecular weight is 351 g/mol. The van der Waals surface area contributed by atoms with Gasteiger partial charge >= 0.3 is 0 Å². The molecule has 1 amide bonds. The van der Waals surface area contributed by atoms with Gasteiger partial charge in [-0.2, -0.15) is 0 Å². The quantitative estimate of drug-likeness (QED) is 0.904. The van der Waals surface area contributed by atoms with Crippen LogP contribution in [0.25, 0.3) is 0 Å². The van der Waals surface area contributed by atoms with Gasteiger partial charge in [0.25, 0.3) is 5.91 Å². The van der Waals surface area contributed by atoms with Crippen molar-refractivity contribution in [3.63, 3.8) is 0 Å². The number of piperidine rings is 3. The van der Waals surface area contributed by atoms with Gasteiger partial charge in [0.2, 0.25) is 0 Å². The molecule has 1 N–H and O–H groups in total. The molecule has 5 heteroatoms. The van der Waals surface area contributed by atoms with Gasteiger partial charge < -0.3 is 14.6 Å². The average Bonchev–Trinajstić information content (AvgIpc) is 3.27. The third kappa shape index (κ3) is 2.30. The molecule has 26 heavy (non-hydrogen) atoms. The van der Waals surface area contributed by atoms with E-state index in [0.717, 1.165) is 30.9 Å². The van der Waals surface area contributed by atoms with Crippen LogP contribution in [0, 0.1) is 5.92 Å². The molecule has 0 spiro atoms. The summed E-state index contributed by atoms with van der Waals surface area (Å²) in [5.41, 5.74) is 1.91. The number of rotatable bonds is 2. The van der Waals surface area contributed by atoms with Gasteiger partial charge in [0.1, 0.15) is 11.4 Å². The van der Waals surface area contributed by atoms with E-state index >= 15 is 0 Å². The minimum atomic E-state index is 0.143. The van der Waals surface area contributed by atoms with Crippen LogP contribution in [-0.2, 0) is 7.05 Å². The fraction of sp³-hybridized carbons (Fsp3) is 0.476. The van der Waals surface area contributed by atoms with Crippen molar-refractivity contribution < 1.29 is 9.90 Å². The van der Waals surface area contributed by atoms with Gasteiger partial charge in [-0.05, 0) is 61.7 Å². The third-order valence-electron chi connectivity index (χ3n) is 6.72.